The van der Waals surface area contributed by atoms with Crippen LogP contribution in [0.25, 0.3) is 5.69 Å². The van der Waals surface area contributed by atoms with Crippen LogP contribution >= 0.6 is 0 Å². The summed E-state index contributed by atoms with van der Waals surface area (Å²) in [5.41, 5.74) is 11.2. The molecule has 0 fully saturated rings. The van der Waals surface area contributed by atoms with Gasteiger partial charge >= 0.3 is 0 Å². The molecule has 0 aliphatic heterocycles. The summed E-state index contributed by atoms with van der Waals surface area (Å²) in [6.07, 6.45) is 2.73. The molecule has 8 nitrogen and oxygen atoms in total. The maximum absolute atomic E-state index is 10.9. The van der Waals surface area contributed by atoms with Gasteiger partial charge in [-0.1, -0.05) is 0 Å². The second-order valence-electron chi connectivity index (χ2n) is 3.54. The average Bonchev–Trinajstić information content (AvgIpc) is 2.77. The van der Waals surface area contributed by atoms with Gasteiger partial charge in [-0.3, -0.25) is 14.9 Å². The monoisotopic (exact) mass is 247 g/mol. The predicted octanol–water partition coefficient (Wildman–Crippen LogP) is 0.462. The predicted molar refractivity (Wildman–Crippen MR) is 63.1 cm³/mol. The van der Waals surface area contributed by atoms with Gasteiger partial charge in [0.25, 0.3) is 11.6 Å². The lowest BCUT2D eigenvalue weighted by atomic mass is 10.2. The summed E-state index contributed by atoms with van der Waals surface area (Å²) < 4.78 is 1.36. The van der Waals surface area contributed by atoms with Crippen molar-refractivity contribution < 1.29 is 9.72 Å². The number of hydrogen-bond donors (Lipinski definition) is 2. The Kier molecular flexibility index (Phi) is 2.68. The lowest BCUT2D eigenvalue weighted by Crippen LogP contribution is -2.09. The Morgan fingerprint density at radius 2 is 2.17 bits per heavy atom. The van der Waals surface area contributed by atoms with Crippen LogP contribution in [0.1, 0.15) is 10.4 Å². The summed E-state index contributed by atoms with van der Waals surface area (Å²) in [4.78, 5) is 20.9. The molecule has 0 saturated carbocycles. The molecule has 1 aromatic heterocycles. The summed E-state index contributed by atoms with van der Waals surface area (Å²) in [6.45, 7) is 0. The van der Waals surface area contributed by atoms with E-state index in [1.54, 1.807) is 0 Å². The zero-order chi connectivity index (χ0) is 13.3. The first-order valence-electron chi connectivity index (χ1n) is 4.88. The molecular formula is C10H9N5O3. The van der Waals surface area contributed by atoms with Gasteiger partial charge in [-0.25, -0.2) is 4.68 Å². The quantitative estimate of drug-likeness (QED) is 0.462. The normalized spacial score (nSPS) is 10.2. The van der Waals surface area contributed by atoms with Gasteiger partial charge in [0.1, 0.15) is 5.69 Å². The lowest BCUT2D eigenvalue weighted by Gasteiger charge is -2.02. The van der Waals surface area contributed by atoms with Crippen molar-refractivity contribution in [3.63, 3.8) is 0 Å². The van der Waals surface area contributed by atoms with Gasteiger partial charge in [-0.05, 0) is 12.1 Å². The number of benzene rings is 1. The molecule has 8 heteroatoms. The summed E-state index contributed by atoms with van der Waals surface area (Å²) in [5.74, 6) is -0.601. The highest BCUT2D eigenvalue weighted by atomic mass is 16.6. The first-order chi connectivity index (χ1) is 8.49. The Bertz CT molecular complexity index is 634. The summed E-state index contributed by atoms with van der Waals surface area (Å²) in [7, 11) is 0. The first kappa shape index (κ1) is 11.6. The minimum Gasteiger partial charge on any atom is -0.393 e. The fourth-order valence-electron chi connectivity index (χ4n) is 1.44. The maximum atomic E-state index is 10.9. The molecule has 0 saturated heterocycles. The minimum absolute atomic E-state index is 0.0219. The summed E-state index contributed by atoms with van der Waals surface area (Å²) in [5, 5.41) is 14.5. The van der Waals surface area contributed by atoms with Crippen LogP contribution in [-0.4, -0.2) is 20.6 Å². The van der Waals surface area contributed by atoms with E-state index in [1.807, 2.05) is 0 Å². The molecule has 0 spiro atoms. The number of nitro groups is 1. The number of nitrogens with zero attached hydrogens (tertiary/aromatic N) is 3. The van der Waals surface area contributed by atoms with Crippen molar-refractivity contribution in [2.24, 2.45) is 5.73 Å². The number of carbonyl (C=O) groups excluding carboxylic acids is 1. The molecule has 0 aliphatic carbocycles. The van der Waals surface area contributed by atoms with Crippen molar-refractivity contribution in [1.29, 1.82) is 0 Å². The molecule has 0 radical (unpaired) electrons. The topological polar surface area (TPSA) is 130 Å². The molecule has 1 amide bonds. The van der Waals surface area contributed by atoms with Crippen LogP contribution in [0.15, 0.2) is 30.6 Å². The number of nitrogen functional groups attached to an aromatic ring is 1. The number of nitrogens with two attached hydrogens (primary N) is 2. The van der Waals surface area contributed by atoms with Gasteiger partial charge in [0.2, 0.25) is 0 Å². The van der Waals surface area contributed by atoms with Crippen LogP contribution in [0.4, 0.5) is 11.4 Å². The largest absolute Gasteiger partial charge is 0.393 e. The average molecular weight is 247 g/mol. The van der Waals surface area contributed by atoms with Crippen LogP contribution in [0, 0.1) is 10.1 Å². The van der Waals surface area contributed by atoms with E-state index in [-0.39, 0.29) is 16.9 Å². The zero-order valence-corrected chi connectivity index (χ0v) is 9.11. The third-order valence-electron chi connectivity index (χ3n) is 2.34. The Morgan fingerprint density at radius 3 is 2.67 bits per heavy atom. The van der Waals surface area contributed by atoms with E-state index < -0.39 is 10.8 Å². The third kappa shape index (κ3) is 1.98. The molecule has 0 bridgehead atoms. The van der Waals surface area contributed by atoms with Gasteiger partial charge in [-0.2, -0.15) is 5.10 Å². The zero-order valence-electron chi connectivity index (χ0n) is 9.11. The van der Waals surface area contributed by atoms with Crippen molar-refractivity contribution >= 4 is 17.3 Å². The van der Waals surface area contributed by atoms with Gasteiger partial charge in [0.05, 0.1) is 22.4 Å². The van der Waals surface area contributed by atoms with Crippen molar-refractivity contribution in [1.82, 2.24) is 9.78 Å². The Labute approximate surface area is 101 Å². The number of rotatable bonds is 3. The number of nitro benzene ring substituents is 1. The van der Waals surface area contributed by atoms with Crippen LogP contribution in [0.3, 0.4) is 0 Å². The summed E-state index contributed by atoms with van der Waals surface area (Å²) >= 11 is 0. The molecule has 1 heterocycles. The van der Waals surface area contributed by atoms with Gasteiger partial charge in [0.15, 0.2) is 0 Å². The number of carbonyl (C=O) groups is 1. The van der Waals surface area contributed by atoms with Crippen LogP contribution in [-0.2, 0) is 0 Å². The van der Waals surface area contributed by atoms with E-state index in [0.29, 0.717) is 5.69 Å². The van der Waals surface area contributed by atoms with Crippen molar-refractivity contribution in [2.45, 2.75) is 0 Å². The van der Waals surface area contributed by atoms with E-state index in [2.05, 4.69) is 5.10 Å². The minimum atomic E-state index is -0.601. The molecule has 92 valence electrons. The van der Waals surface area contributed by atoms with Crippen LogP contribution in [0.2, 0.25) is 0 Å². The third-order valence-corrected chi connectivity index (χ3v) is 2.34. The number of aromatic nitrogens is 2. The smallest absolute Gasteiger partial charge is 0.292 e. The number of anilines is 1. The van der Waals surface area contributed by atoms with E-state index in [1.165, 1.54) is 35.3 Å². The highest BCUT2D eigenvalue weighted by Crippen LogP contribution is 2.23. The molecular weight excluding hydrogens is 238 g/mol. The van der Waals surface area contributed by atoms with Crippen LogP contribution < -0.4 is 11.5 Å². The van der Waals surface area contributed by atoms with Gasteiger partial charge in [0, 0.05) is 12.3 Å². The number of primary amides is 1. The molecule has 0 unspecified atom stereocenters. The number of hydrogen-bond acceptors (Lipinski definition) is 5. The Morgan fingerprint density at radius 1 is 1.44 bits per heavy atom. The van der Waals surface area contributed by atoms with E-state index in [4.69, 9.17) is 11.5 Å². The molecule has 1 aromatic carbocycles. The molecule has 0 aliphatic rings. The van der Waals surface area contributed by atoms with Gasteiger partial charge < -0.3 is 11.5 Å². The molecule has 2 aromatic rings. The number of amides is 1. The van der Waals surface area contributed by atoms with Crippen LogP contribution in [0.5, 0.6) is 0 Å². The Hall–Kier alpha value is -2.90. The fraction of sp³-hybridized carbons (Fsp3) is 0. The van der Waals surface area contributed by atoms with E-state index in [0.717, 1.165) is 0 Å². The lowest BCUT2D eigenvalue weighted by molar-refractivity contribution is -0.383. The molecule has 4 N–H and O–H groups in total. The molecule has 18 heavy (non-hydrogen) atoms. The highest BCUT2D eigenvalue weighted by Gasteiger charge is 2.12. The summed E-state index contributed by atoms with van der Waals surface area (Å²) in [6, 6.07) is 4.15. The second-order valence-corrected chi connectivity index (χ2v) is 3.54. The first-order valence-corrected chi connectivity index (χ1v) is 4.88. The van der Waals surface area contributed by atoms with Gasteiger partial charge in [-0.15, -0.1) is 0 Å². The van der Waals surface area contributed by atoms with E-state index >= 15 is 0 Å². The molecule has 0 atom stereocenters. The van der Waals surface area contributed by atoms with E-state index in [9.17, 15) is 14.9 Å². The Balaban J connectivity index is 2.42. The highest BCUT2D eigenvalue weighted by molar-refractivity contribution is 5.92. The second kappa shape index (κ2) is 4.17. The van der Waals surface area contributed by atoms with Crippen molar-refractivity contribution in [3.05, 3.63) is 46.3 Å². The maximum Gasteiger partial charge on any atom is 0.292 e. The standard InChI is InChI=1S/C10H9N5O3/c11-8-3-7(1-2-9(8)15(17)18)14-5-6(4-13-14)10(12)16/h1-5H,11H2,(H2,12,16). The SMILES string of the molecule is NC(=O)c1cnn(-c2ccc([N+](=O)[O-])c(N)c2)c1. The molecule has 2 rings (SSSR count). The van der Waals surface area contributed by atoms with Crippen molar-refractivity contribution in [3.8, 4) is 5.69 Å². The fourth-order valence-corrected chi connectivity index (χ4v) is 1.44. The van der Waals surface area contributed by atoms with Crippen molar-refractivity contribution in [2.75, 3.05) is 5.73 Å².